The Hall–Kier alpha value is -0.680. The maximum atomic E-state index is 11.6. The van der Waals surface area contributed by atoms with Gasteiger partial charge < -0.3 is 5.11 Å². The summed E-state index contributed by atoms with van der Waals surface area (Å²) >= 11 is 5.55. The number of phenols is 1. The van der Waals surface area contributed by atoms with E-state index in [0.717, 1.165) is 7.14 Å². The zero-order valence-corrected chi connectivity index (χ0v) is 14.6. The highest BCUT2D eigenvalue weighted by atomic mass is 127. The number of hydrogen-bond donors (Lipinski definition) is 2. The fourth-order valence-corrected chi connectivity index (χ4v) is 3.81. The van der Waals surface area contributed by atoms with E-state index in [4.69, 9.17) is 0 Å². The SMILES string of the molecule is O=C(NN=Cc1cc(I)cc(I)c1O)c1cccs1. The quantitative estimate of drug-likeness (QED) is 0.388. The van der Waals surface area contributed by atoms with Gasteiger partial charge in [-0.3, -0.25) is 4.79 Å². The Morgan fingerprint density at radius 3 is 2.89 bits per heavy atom. The smallest absolute Gasteiger partial charge is 0.281 e. The van der Waals surface area contributed by atoms with Crippen molar-refractivity contribution in [3.63, 3.8) is 0 Å². The lowest BCUT2D eigenvalue weighted by molar-refractivity contribution is 0.0959. The summed E-state index contributed by atoms with van der Waals surface area (Å²) in [6, 6.07) is 7.18. The predicted molar refractivity (Wildman–Crippen MR) is 92.9 cm³/mol. The lowest BCUT2D eigenvalue weighted by Crippen LogP contribution is -2.16. The Morgan fingerprint density at radius 2 is 2.21 bits per heavy atom. The first-order chi connectivity index (χ1) is 9.08. The molecule has 1 aromatic carbocycles. The van der Waals surface area contributed by atoms with Crippen LogP contribution in [-0.4, -0.2) is 17.2 Å². The monoisotopic (exact) mass is 498 g/mol. The third-order valence-electron chi connectivity index (χ3n) is 2.17. The number of nitrogens with one attached hydrogen (secondary N) is 1. The van der Waals surface area contributed by atoms with Crippen LogP contribution in [0.15, 0.2) is 34.7 Å². The zero-order valence-electron chi connectivity index (χ0n) is 9.43. The van der Waals surface area contributed by atoms with Gasteiger partial charge in [0.1, 0.15) is 5.75 Å². The number of hydrogen-bond acceptors (Lipinski definition) is 4. The Kier molecular flexibility index (Phi) is 5.16. The molecule has 0 aliphatic heterocycles. The third kappa shape index (κ3) is 3.89. The molecule has 19 heavy (non-hydrogen) atoms. The molecule has 98 valence electrons. The molecule has 2 aromatic rings. The van der Waals surface area contributed by atoms with Crippen molar-refractivity contribution in [1.82, 2.24) is 5.43 Å². The van der Waals surface area contributed by atoms with E-state index < -0.39 is 0 Å². The van der Waals surface area contributed by atoms with Gasteiger partial charge in [0.15, 0.2) is 0 Å². The summed E-state index contributed by atoms with van der Waals surface area (Å²) in [7, 11) is 0. The molecule has 0 spiro atoms. The summed E-state index contributed by atoms with van der Waals surface area (Å²) in [5, 5.41) is 15.5. The normalized spacial score (nSPS) is 10.8. The van der Waals surface area contributed by atoms with Crippen molar-refractivity contribution in [1.29, 1.82) is 0 Å². The molecule has 2 N–H and O–H groups in total. The largest absolute Gasteiger partial charge is 0.506 e. The molecule has 2 rings (SSSR count). The lowest BCUT2D eigenvalue weighted by atomic mass is 10.2. The Bertz CT molecular complexity index is 627. The molecule has 0 saturated heterocycles. The van der Waals surface area contributed by atoms with Crippen LogP contribution in [0.3, 0.4) is 0 Å². The number of halogens is 2. The van der Waals surface area contributed by atoms with Gasteiger partial charge in [0.25, 0.3) is 5.91 Å². The van der Waals surface area contributed by atoms with Crippen LogP contribution in [0.1, 0.15) is 15.2 Å². The van der Waals surface area contributed by atoms with Crippen LogP contribution in [0, 0.1) is 7.14 Å². The molecule has 1 heterocycles. The molecule has 0 radical (unpaired) electrons. The second-order valence-corrected chi connectivity index (χ2v) is 6.86. The number of carbonyl (C=O) groups excluding carboxylic acids is 1. The number of thiophene rings is 1. The predicted octanol–water partition coefficient (Wildman–Crippen LogP) is 3.43. The summed E-state index contributed by atoms with van der Waals surface area (Å²) in [4.78, 5) is 12.2. The van der Waals surface area contributed by atoms with Gasteiger partial charge in [-0.15, -0.1) is 11.3 Å². The van der Waals surface area contributed by atoms with Gasteiger partial charge in [-0.25, -0.2) is 5.43 Å². The van der Waals surface area contributed by atoms with E-state index in [2.05, 4.69) is 33.1 Å². The molecular weight excluding hydrogens is 490 g/mol. The fraction of sp³-hybridized carbons (Fsp3) is 0. The Morgan fingerprint density at radius 1 is 1.42 bits per heavy atom. The van der Waals surface area contributed by atoms with Crippen molar-refractivity contribution in [2.45, 2.75) is 0 Å². The highest BCUT2D eigenvalue weighted by molar-refractivity contribution is 14.1. The number of phenolic OH excluding ortho intramolecular Hbond substituents is 1. The topological polar surface area (TPSA) is 61.7 Å². The van der Waals surface area contributed by atoms with E-state index in [9.17, 15) is 9.90 Å². The van der Waals surface area contributed by atoms with Crippen molar-refractivity contribution in [2.75, 3.05) is 0 Å². The molecule has 0 aliphatic carbocycles. The van der Waals surface area contributed by atoms with Crippen molar-refractivity contribution in [2.24, 2.45) is 5.10 Å². The molecule has 1 aromatic heterocycles. The standard InChI is InChI=1S/C12H8I2N2O2S/c13-8-4-7(11(17)9(14)5-8)6-15-16-12(18)10-2-1-3-19-10/h1-6,17H,(H,16,18). The minimum atomic E-state index is -0.258. The summed E-state index contributed by atoms with van der Waals surface area (Å²) in [5.74, 6) is -0.0961. The second-order valence-electron chi connectivity index (χ2n) is 3.50. The third-order valence-corrected chi connectivity index (χ3v) is 4.49. The van der Waals surface area contributed by atoms with Crippen molar-refractivity contribution >= 4 is 68.6 Å². The number of carbonyl (C=O) groups is 1. The maximum Gasteiger partial charge on any atom is 0.281 e. The molecule has 0 unspecified atom stereocenters. The number of nitrogens with zero attached hydrogens (tertiary/aromatic N) is 1. The van der Waals surface area contributed by atoms with Crippen LogP contribution < -0.4 is 5.43 Å². The van der Waals surface area contributed by atoms with Crippen LogP contribution in [0.5, 0.6) is 5.75 Å². The van der Waals surface area contributed by atoms with Gasteiger partial charge in [0.2, 0.25) is 0 Å². The molecule has 0 fully saturated rings. The van der Waals surface area contributed by atoms with Crippen LogP contribution in [0.25, 0.3) is 0 Å². The molecule has 0 atom stereocenters. The average molecular weight is 498 g/mol. The number of benzene rings is 1. The second kappa shape index (κ2) is 6.66. The van der Waals surface area contributed by atoms with Gasteiger partial charge in [-0.2, -0.15) is 5.10 Å². The van der Waals surface area contributed by atoms with Gasteiger partial charge in [-0.1, -0.05) is 6.07 Å². The molecule has 7 heteroatoms. The number of aromatic hydroxyl groups is 1. The van der Waals surface area contributed by atoms with Crippen LogP contribution in [0.2, 0.25) is 0 Å². The van der Waals surface area contributed by atoms with Crippen molar-refractivity contribution in [3.8, 4) is 5.75 Å². The molecule has 1 amide bonds. The summed E-state index contributed by atoms with van der Waals surface area (Å²) < 4.78 is 1.74. The molecule has 0 saturated carbocycles. The number of amides is 1. The molecular formula is C12H8I2N2O2S. The summed E-state index contributed by atoms with van der Waals surface area (Å²) in [6.07, 6.45) is 1.44. The van der Waals surface area contributed by atoms with Gasteiger partial charge in [0, 0.05) is 9.13 Å². The highest BCUT2D eigenvalue weighted by Gasteiger charge is 2.06. The van der Waals surface area contributed by atoms with Gasteiger partial charge >= 0.3 is 0 Å². The minimum Gasteiger partial charge on any atom is -0.506 e. The first-order valence-electron chi connectivity index (χ1n) is 5.13. The van der Waals surface area contributed by atoms with E-state index in [-0.39, 0.29) is 11.7 Å². The van der Waals surface area contributed by atoms with Gasteiger partial charge in [0.05, 0.1) is 14.7 Å². The van der Waals surface area contributed by atoms with E-state index in [1.54, 1.807) is 18.2 Å². The number of rotatable bonds is 3. The van der Waals surface area contributed by atoms with Gasteiger partial charge in [-0.05, 0) is 68.8 Å². The Labute approximate surface area is 141 Å². The average Bonchev–Trinajstić information content (AvgIpc) is 2.88. The first-order valence-corrected chi connectivity index (χ1v) is 8.16. The summed E-state index contributed by atoms with van der Waals surface area (Å²) in [6.45, 7) is 0. The van der Waals surface area contributed by atoms with Crippen LogP contribution in [0.4, 0.5) is 0 Å². The van der Waals surface area contributed by atoms with Crippen LogP contribution in [-0.2, 0) is 0 Å². The molecule has 4 nitrogen and oxygen atoms in total. The lowest BCUT2D eigenvalue weighted by Gasteiger charge is -2.02. The zero-order chi connectivity index (χ0) is 13.8. The van der Waals surface area contributed by atoms with E-state index >= 15 is 0 Å². The van der Waals surface area contributed by atoms with E-state index in [0.29, 0.717) is 10.4 Å². The maximum absolute atomic E-state index is 11.6. The van der Waals surface area contributed by atoms with Crippen molar-refractivity contribution < 1.29 is 9.90 Å². The molecule has 0 bridgehead atoms. The fourth-order valence-electron chi connectivity index (χ4n) is 1.31. The minimum absolute atomic E-state index is 0.162. The Balaban J connectivity index is 2.09. The van der Waals surface area contributed by atoms with E-state index in [1.165, 1.54) is 17.6 Å². The van der Waals surface area contributed by atoms with Crippen LogP contribution >= 0.6 is 56.5 Å². The molecule has 0 aliphatic rings. The van der Waals surface area contributed by atoms with E-state index in [1.807, 2.05) is 34.0 Å². The summed E-state index contributed by atoms with van der Waals surface area (Å²) in [5.41, 5.74) is 3.00. The number of hydrazone groups is 1. The van der Waals surface area contributed by atoms with Crippen molar-refractivity contribution in [3.05, 3.63) is 47.2 Å². The first kappa shape index (κ1) is 14.7. The highest BCUT2D eigenvalue weighted by Crippen LogP contribution is 2.25.